The van der Waals surface area contributed by atoms with Crippen LogP contribution < -0.4 is 11.5 Å². The fourth-order valence-electron chi connectivity index (χ4n) is 4.01. The second-order valence-electron chi connectivity index (χ2n) is 9.09. The maximum atomic E-state index is 12.0. The predicted octanol–water partition coefficient (Wildman–Crippen LogP) is 2.50. The van der Waals surface area contributed by atoms with Crippen LogP contribution in [0.5, 0.6) is 0 Å². The van der Waals surface area contributed by atoms with Gasteiger partial charge in [0.05, 0.1) is 50.4 Å². The Balaban J connectivity index is 1.41. The minimum absolute atomic E-state index is 0.133. The standard InChI is InChI=1S/C24H26N16O4/c1-11-17(31-33-21-13(23(41)43-5)7-29-37(21)3)19(25)39(35-11)15-9-28-16(10-27-15)40-20(26)18(12(2)36-40)32-34-22-14(24(42)44-6)8-30-38(22)4/h7-10H,25-26H2,1-6H3. The summed E-state index contributed by atoms with van der Waals surface area (Å²) in [7, 11) is 5.74. The number of ether oxygens (including phenoxy) is 2. The third kappa shape index (κ3) is 5.10. The Morgan fingerprint density at radius 2 is 1.07 bits per heavy atom. The van der Waals surface area contributed by atoms with Crippen molar-refractivity contribution < 1.29 is 19.1 Å². The highest BCUT2D eigenvalue weighted by Gasteiger charge is 2.21. The number of hydrogen-bond acceptors (Lipinski definition) is 16. The number of nitrogens with two attached hydrogens (primary N) is 2. The van der Waals surface area contributed by atoms with Crippen LogP contribution in [0.4, 0.5) is 34.6 Å². The van der Waals surface area contributed by atoms with Crippen molar-refractivity contribution in [2.45, 2.75) is 13.8 Å². The number of nitrogens with zero attached hydrogens (tertiary/aromatic N) is 14. The molecule has 0 saturated heterocycles. The van der Waals surface area contributed by atoms with Crippen LogP contribution in [0.3, 0.4) is 0 Å². The molecule has 0 radical (unpaired) electrons. The van der Waals surface area contributed by atoms with Crippen LogP contribution >= 0.6 is 0 Å². The number of azo groups is 2. The fourth-order valence-corrected chi connectivity index (χ4v) is 4.01. The molecule has 5 aromatic heterocycles. The molecule has 20 nitrogen and oxygen atoms in total. The molecule has 226 valence electrons. The molecule has 0 aromatic carbocycles. The number of hydrogen-bond donors (Lipinski definition) is 2. The van der Waals surface area contributed by atoms with Crippen molar-refractivity contribution in [3.8, 4) is 11.6 Å². The third-order valence-electron chi connectivity index (χ3n) is 6.30. The van der Waals surface area contributed by atoms with Gasteiger partial charge in [0.15, 0.2) is 46.3 Å². The van der Waals surface area contributed by atoms with E-state index in [1.807, 2.05) is 0 Å². The lowest BCUT2D eigenvalue weighted by molar-refractivity contribution is 0.0592. The topological polar surface area (TPSA) is 251 Å². The number of methoxy groups -OCH3 is 2. The molecule has 0 atom stereocenters. The molecule has 0 amide bonds. The minimum Gasteiger partial charge on any atom is -0.465 e. The highest BCUT2D eigenvalue weighted by Crippen LogP contribution is 2.32. The second-order valence-corrected chi connectivity index (χ2v) is 9.09. The Kier molecular flexibility index (Phi) is 7.62. The van der Waals surface area contributed by atoms with Crippen molar-refractivity contribution >= 4 is 46.6 Å². The molecule has 5 heterocycles. The van der Waals surface area contributed by atoms with E-state index in [0.717, 1.165) is 0 Å². The number of carbonyl (C=O) groups excluding carboxylic acids is 2. The Bertz CT molecular complexity index is 1800. The van der Waals surface area contributed by atoms with Gasteiger partial charge in [-0.15, -0.1) is 20.5 Å². The average molecular weight is 603 g/mol. The van der Waals surface area contributed by atoms with E-state index in [4.69, 9.17) is 20.9 Å². The van der Waals surface area contributed by atoms with E-state index >= 15 is 0 Å². The number of anilines is 2. The van der Waals surface area contributed by atoms with Gasteiger partial charge in [-0.3, -0.25) is 0 Å². The van der Waals surface area contributed by atoms with Crippen LogP contribution in [0.25, 0.3) is 11.6 Å². The fraction of sp³-hybridized carbons (Fsp3) is 0.250. The molecule has 0 spiro atoms. The highest BCUT2D eigenvalue weighted by atomic mass is 16.5. The smallest absolute Gasteiger partial charge is 0.343 e. The molecule has 0 aliphatic rings. The van der Waals surface area contributed by atoms with Crippen LogP contribution in [0.15, 0.2) is 45.2 Å². The summed E-state index contributed by atoms with van der Waals surface area (Å²) in [4.78, 5) is 32.8. The molecule has 5 rings (SSSR count). The highest BCUT2D eigenvalue weighted by molar-refractivity contribution is 5.94. The molecule has 0 aliphatic carbocycles. The number of esters is 2. The lowest BCUT2D eigenvalue weighted by Crippen LogP contribution is -2.08. The third-order valence-corrected chi connectivity index (χ3v) is 6.30. The van der Waals surface area contributed by atoms with E-state index in [2.05, 4.69) is 50.8 Å². The summed E-state index contributed by atoms with van der Waals surface area (Å²) in [5, 5.41) is 33.6. The minimum atomic E-state index is -0.605. The summed E-state index contributed by atoms with van der Waals surface area (Å²) in [6.45, 7) is 3.38. The zero-order chi connectivity index (χ0) is 31.7. The van der Waals surface area contributed by atoms with Crippen LogP contribution in [0.1, 0.15) is 32.1 Å². The van der Waals surface area contributed by atoms with Gasteiger partial charge in [0.1, 0.15) is 11.1 Å². The van der Waals surface area contributed by atoms with Gasteiger partial charge in [-0.25, -0.2) is 28.9 Å². The first-order chi connectivity index (χ1) is 21.0. The van der Waals surface area contributed by atoms with E-state index in [9.17, 15) is 9.59 Å². The number of aromatic nitrogens is 10. The predicted molar refractivity (Wildman–Crippen MR) is 152 cm³/mol. The molecule has 0 fully saturated rings. The van der Waals surface area contributed by atoms with Crippen molar-refractivity contribution in [3.63, 3.8) is 0 Å². The molecular weight excluding hydrogens is 576 g/mol. The molecule has 0 bridgehead atoms. The normalized spacial score (nSPS) is 11.6. The van der Waals surface area contributed by atoms with Gasteiger partial charge < -0.3 is 20.9 Å². The Morgan fingerprint density at radius 3 is 1.41 bits per heavy atom. The summed E-state index contributed by atoms with van der Waals surface area (Å²) >= 11 is 0. The maximum Gasteiger partial charge on any atom is 0.343 e. The molecule has 20 heteroatoms. The van der Waals surface area contributed by atoms with E-state index in [1.165, 1.54) is 57.7 Å². The molecular formula is C24H26N16O4. The first-order valence-corrected chi connectivity index (χ1v) is 12.6. The van der Waals surface area contributed by atoms with Gasteiger partial charge in [-0.2, -0.15) is 29.8 Å². The van der Waals surface area contributed by atoms with Crippen molar-refractivity contribution in [1.29, 1.82) is 0 Å². The lowest BCUT2D eigenvalue weighted by atomic mass is 10.3. The largest absolute Gasteiger partial charge is 0.465 e. The Hall–Kier alpha value is -6.34. The maximum absolute atomic E-state index is 12.0. The van der Waals surface area contributed by atoms with E-state index < -0.39 is 11.9 Å². The van der Waals surface area contributed by atoms with Gasteiger partial charge in [-0.05, 0) is 13.8 Å². The molecule has 0 aliphatic heterocycles. The second kappa shape index (κ2) is 11.5. The van der Waals surface area contributed by atoms with E-state index in [0.29, 0.717) is 11.4 Å². The molecule has 0 saturated carbocycles. The van der Waals surface area contributed by atoms with Gasteiger partial charge in [0, 0.05) is 14.1 Å². The van der Waals surface area contributed by atoms with Gasteiger partial charge >= 0.3 is 11.9 Å². The van der Waals surface area contributed by atoms with Crippen LogP contribution in [0, 0.1) is 13.8 Å². The van der Waals surface area contributed by atoms with E-state index in [-0.39, 0.29) is 57.4 Å². The van der Waals surface area contributed by atoms with Crippen molar-refractivity contribution in [1.82, 2.24) is 49.1 Å². The van der Waals surface area contributed by atoms with Gasteiger partial charge in [-0.1, -0.05) is 0 Å². The van der Waals surface area contributed by atoms with Crippen molar-refractivity contribution in [2.24, 2.45) is 34.6 Å². The zero-order valence-corrected chi connectivity index (χ0v) is 24.4. The average Bonchev–Trinajstić information content (AvgIpc) is 3.74. The summed E-state index contributed by atoms with van der Waals surface area (Å²) < 4.78 is 15.0. The number of nitrogen functional groups attached to an aromatic ring is 2. The quantitative estimate of drug-likeness (QED) is 0.192. The molecule has 4 N–H and O–H groups in total. The monoisotopic (exact) mass is 602 g/mol. The van der Waals surface area contributed by atoms with Crippen molar-refractivity contribution in [3.05, 3.63) is 47.3 Å². The first kappa shape index (κ1) is 29.2. The number of rotatable bonds is 8. The van der Waals surface area contributed by atoms with Gasteiger partial charge in [0.2, 0.25) is 0 Å². The Labute approximate surface area is 248 Å². The molecule has 44 heavy (non-hydrogen) atoms. The summed E-state index contributed by atoms with van der Waals surface area (Å²) in [5.74, 6) is -0.0202. The zero-order valence-electron chi connectivity index (χ0n) is 24.4. The Morgan fingerprint density at radius 1 is 0.682 bits per heavy atom. The molecule has 0 unspecified atom stereocenters. The summed E-state index contributed by atoms with van der Waals surface area (Å²) in [5.41, 5.74) is 14.4. The number of aryl methyl sites for hydroxylation is 4. The molecule has 5 aromatic rings. The number of carbonyl (C=O) groups is 2. The van der Waals surface area contributed by atoms with E-state index in [1.54, 1.807) is 27.9 Å². The van der Waals surface area contributed by atoms with Crippen LogP contribution in [-0.2, 0) is 23.6 Å². The summed E-state index contributed by atoms with van der Waals surface area (Å²) in [6, 6.07) is 0. The lowest BCUT2D eigenvalue weighted by Gasteiger charge is -2.05. The van der Waals surface area contributed by atoms with Crippen LogP contribution in [0.2, 0.25) is 0 Å². The SMILES string of the molecule is COC(=O)c1cnn(C)c1N=Nc1c(C)nn(-c2cnc(-n3nc(C)c(N=Nc4c(C(=O)OC)cnn4C)c3N)cn2)c1N. The first-order valence-electron chi connectivity index (χ1n) is 12.6. The summed E-state index contributed by atoms with van der Waals surface area (Å²) in [6.07, 6.45) is 5.51. The van der Waals surface area contributed by atoms with Gasteiger partial charge in [0.25, 0.3) is 0 Å². The van der Waals surface area contributed by atoms with Crippen molar-refractivity contribution in [2.75, 3.05) is 25.7 Å². The van der Waals surface area contributed by atoms with Crippen LogP contribution in [-0.4, -0.2) is 75.2 Å².